The van der Waals surface area contributed by atoms with Gasteiger partial charge < -0.3 is 14.8 Å². The quantitative estimate of drug-likeness (QED) is 0.742. The Morgan fingerprint density at radius 3 is 2.48 bits per heavy atom. The molecule has 0 radical (unpaired) electrons. The standard InChI is InChI=1S/C16H29N3O2/c1-7-8-17-14-13(12(2)3)15(19-11-18-14)20-9-10-21-16(4,5)6/h11-12H,7-10H2,1-6H3,(H,17,18,19). The van der Waals surface area contributed by atoms with Crippen LogP contribution in [0.1, 0.15) is 59.4 Å². The lowest BCUT2D eigenvalue weighted by molar-refractivity contribution is -0.0169. The topological polar surface area (TPSA) is 56.3 Å². The van der Waals surface area contributed by atoms with Crippen molar-refractivity contribution in [3.05, 3.63) is 11.9 Å². The molecule has 21 heavy (non-hydrogen) atoms. The predicted octanol–water partition coefficient (Wildman–Crippen LogP) is 3.62. The maximum absolute atomic E-state index is 5.80. The Kier molecular flexibility index (Phi) is 6.89. The Hall–Kier alpha value is -1.36. The molecule has 1 aromatic rings. The van der Waals surface area contributed by atoms with Gasteiger partial charge in [-0.25, -0.2) is 9.97 Å². The van der Waals surface area contributed by atoms with Crippen molar-refractivity contribution in [2.45, 2.75) is 59.5 Å². The summed E-state index contributed by atoms with van der Waals surface area (Å²) < 4.78 is 11.5. The van der Waals surface area contributed by atoms with Gasteiger partial charge in [-0.15, -0.1) is 0 Å². The average molecular weight is 295 g/mol. The third-order valence-electron chi connectivity index (χ3n) is 2.82. The van der Waals surface area contributed by atoms with Crippen LogP contribution in [0, 0.1) is 0 Å². The summed E-state index contributed by atoms with van der Waals surface area (Å²) in [5.74, 6) is 1.81. The molecule has 0 fully saturated rings. The normalized spacial score (nSPS) is 11.8. The summed E-state index contributed by atoms with van der Waals surface area (Å²) in [5.41, 5.74) is 0.880. The molecule has 0 spiro atoms. The van der Waals surface area contributed by atoms with Crippen molar-refractivity contribution in [1.82, 2.24) is 9.97 Å². The van der Waals surface area contributed by atoms with Crippen molar-refractivity contribution in [2.24, 2.45) is 0 Å². The van der Waals surface area contributed by atoms with Crippen molar-refractivity contribution in [2.75, 3.05) is 25.1 Å². The predicted molar refractivity (Wildman–Crippen MR) is 86.1 cm³/mol. The number of anilines is 1. The van der Waals surface area contributed by atoms with Gasteiger partial charge in [0, 0.05) is 6.54 Å². The van der Waals surface area contributed by atoms with Gasteiger partial charge in [0.2, 0.25) is 5.88 Å². The molecule has 5 heteroatoms. The number of rotatable bonds is 8. The Labute approximate surface area is 128 Å². The number of hydrogen-bond acceptors (Lipinski definition) is 5. The molecule has 0 aliphatic rings. The molecule has 5 nitrogen and oxygen atoms in total. The number of hydrogen-bond donors (Lipinski definition) is 1. The van der Waals surface area contributed by atoms with Crippen LogP contribution in [0.5, 0.6) is 5.88 Å². The first kappa shape index (κ1) is 17.7. The van der Waals surface area contributed by atoms with E-state index in [0.29, 0.717) is 25.0 Å². The highest BCUT2D eigenvalue weighted by Crippen LogP contribution is 2.29. The highest BCUT2D eigenvalue weighted by atomic mass is 16.5. The van der Waals surface area contributed by atoms with Crippen LogP contribution in [-0.2, 0) is 4.74 Å². The lowest BCUT2D eigenvalue weighted by atomic mass is 10.1. The van der Waals surface area contributed by atoms with E-state index in [1.54, 1.807) is 6.33 Å². The van der Waals surface area contributed by atoms with Gasteiger partial charge in [-0.2, -0.15) is 0 Å². The zero-order valence-electron chi connectivity index (χ0n) is 14.2. The zero-order chi connectivity index (χ0) is 15.9. The molecular weight excluding hydrogens is 266 g/mol. The van der Waals surface area contributed by atoms with Crippen LogP contribution >= 0.6 is 0 Å². The minimum atomic E-state index is -0.149. The monoisotopic (exact) mass is 295 g/mol. The van der Waals surface area contributed by atoms with Crippen molar-refractivity contribution in [3.8, 4) is 5.88 Å². The molecule has 0 aliphatic heterocycles. The third-order valence-corrected chi connectivity index (χ3v) is 2.82. The second-order valence-corrected chi connectivity index (χ2v) is 6.33. The van der Waals surface area contributed by atoms with Crippen molar-refractivity contribution in [3.63, 3.8) is 0 Å². The molecule has 0 atom stereocenters. The summed E-state index contributed by atoms with van der Waals surface area (Å²) in [7, 11) is 0. The van der Waals surface area contributed by atoms with Crippen molar-refractivity contribution in [1.29, 1.82) is 0 Å². The lowest BCUT2D eigenvalue weighted by Gasteiger charge is -2.20. The Balaban J connectivity index is 2.72. The van der Waals surface area contributed by atoms with Gasteiger partial charge in [0.25, 0.3) is 0 Å². The van der Waals surface area contributed by atoms with E-state index in [-0.39, 0.29) is 5.60 Å². The van der Waals surface area contributed by atoms with E-state index in [2.05, 4.69) is 36.1 Å². The fourth-order valence-corrected chi connectivity index (χ4v) is 1.89. The molecule has 0 amide bonds. The summed E-state index contributed by atoms with van der Waals surface area (Å²) in [6.45, 7) is 14.4. The van der Waals surface area contributed by atoms with Gasteiger partial charge in [0.05, 0.1) is 17.8 Å². The maximum atomic E-state index is 5.80. The van der Waals surface area contributed by atoms with Gasteiger partial charge in [-0.1, -0.05) is 20.8 Å². The van der Waals surface area contributed by atoms with Gasteiger partial charge in [-0.05, 0) is 33.1 Å². The molecule has 0 saturated heterocycles. The summed E-state index contributed by atoms with van der Waals surface area (Å²) in [5, 5.41) is 3.34. The van der Waals surface area contributed by atoms with Crippen LogP contribution in [0.3, 0.4) is 0 Å². The smallest absolute Gasteiger partial charge is 0.222 e. The minimum absolute atomic E-state index is 0.149. The van der Waals surface area contributed by atoms with Crippen molar-refractivity contribution < 1.29 is 9.47 Å². The van der Waals surface area contributed by atoms with E-state index in [0.717, 1.165) is 24.3 Å². The first-order valence-corrected chi connectivity index (χ1v) is 7.70. The van der Waals surface area contributed by atoms with E-state index in [1.807, 2.05) is 20.8 Å². The third kappa shape index (κ3) is 6.29. The van der Waals surface area contributed by atoms with Crippen LogP contribution in [0.4, 0.5) is 5.82 Å². The number of ether oxygens (including phenoxy) is 2. The van der Waals surface area contributed by atoms with E-state index in [4.69, 9.17) is 9.47 Å². The summed E-state index contributed by atoms with van der Waals surface area (Å²) in [4.78, 5) is 8.61. The SMILES string of the molecule is CCCNc1ncnc(OCCOC(C)(C)C)c1C(C)C. The summed E-state index contributed by atoms with van der Waals surface area (Å²) in [6.07, 6.45) is 2.60. The van der Waals surface area contributed by atoms with Crippen molar-refractivity contribution >= 4 is 5.82 Å². The highest BCUT2D eigenvalue weighted by molar-refractivity contribution is 5.50. The molecule has 0 aliphatic carbocycles. The molecule has 0 unspecified atom stereocenters. The van der Waals surface area contributed by atoms with Crippen LogP contribution in [0.25, 0.3) is 0 Å². The molecule has 1 heterocycles. The minimum Gasteiger partial charge on any atom is -0.475 e. The molecule has 0 aromatic carbocycles. The average Bonchev–Trinajstić information content (AvgIpc) is 2.40. The van der Waals surface area contributed by atoms with Gasteiger partial charge in [0.1, 0.15) is 18.8 Å². The summed E-state index contributed by atoms with van der Waals surface area (Å²) in [6, 6.07) is 0. The second kappa shape index (κ2) is 8.17. The fourth-order valence-electron chi connectivity index (χ4n) is 1.89. The van der Waals surface area contributed by atoms with Crippen LogP contribution in [0.2, 0.25) is 0 Å². The van der Waals surface area contributed by atoms with Crippen LogP contribution in [-0.4, -0.2) is 35.3 Å². The Bertz CT molecular complexity index is 428. The Morgan fingerprint density at radius 1 is 1.19 bits per heavy atom. The second-order valence-electron chi connectivity index (χ2n) is 6.33. The fraction of sp³-hybridized carbons (Fsp3) is 0.750. The molecule has 120 valence electrons. The van der Waals surface area contributed by atoms with E-state index < -0.39 is 0 Å². The Morgan fingerprint density at radius 2 is 1.90 bits per heavy atom. The summed E-state index contributed by atoms with van der Waals surface area (Å²) >= 11 is 0. The molecule has 1 rings (SSSR count). The van der Waals surface area contributed by atoms with E-state index >= 15 is 0 Å². The molecule has 1 N–H and O–H groups in total. The van der Waals surface area contributed by atoms with E-state index in [9.17, 15) is 0 Å². The number of aromatic nitrogens is 2. The van der Waals surface area contributed by atoms with Gasteiger partial charge in [-0.3, -0.25) is 0 Å². The maximum Gasteiger partial charge on any atom is 0.222 e. The zero-order valence-corrected chi connectivity index (χ0v) is 14.2. The van der Waals surface area contributed by atoms with E-state index in [1.165, 1.54) is 0 Å². The molecular formula is C16H29N3O2. The molecule has 0 saturated carbocycles. The molecule has 1 aromatic heterocycles. The first-order valence-electron chi connectivity index (χ1n) is 7.70. The van der Waals surface area contributed by atoms with Gasteiger partial charge in [0.15, 0.2) is 0 Å². The number of nitrogens with one attached hydrogen (secondary N) is 1. The van der Waals surface area contributed by atoms with Crippen LogP contribution in [0.15, 0.2) is 6.33 Å². The van der Waals surface area contributed by atoms with Crippen LogP contribution < -0.4 is 10.1 Å². The molecule has 0 bridgehead atoms. The highest BCUT2D eigenvalue weighted by Gasteiger charge is 2.16. The first-order chi connectivity index (χ1) is 9.85. The van der Waals surface area contributed by atoms with Gasteiger partial charge >= 0.3 is 0 Å². The number of nitrogens with zero attached hydrogens (tertiary/aromatic N) is 2. The largest absolute Gasteiger partial charge is 0.475 e. The lowest BCUT2D eigenvalue weighted by Crippen LogP contribution is -2.23.